The first kappa shape index (κ1) is 18.6. The minimum absolute atomic E-state index is 0.0619. The number of hydrogen-bond donors (Lipinski definition) is 2. The van der Waals surface area contributed by atoms with Gasteiger partial charge in [-0.15, -0.1) is 0 Å². The number of aromatic nitrogens is 4. The van der Waals surface area contributed by atoms with Gasteiger partial charge >= 0.3 is 0 Å². The molecule has 3 rings (SSSR count). The van der Waals surface area contributed by atoms with Crippen molar-refractivity contribution in [3.63, 3.8) is 0 Å². The van der Waals surface area contributed by atoms with Crippen molar-refractivity contribution in [1.29, 1.82) is 0 Å². The summed E-state index contributed by atoms with van der Waals surface area (Å²) in [6, 6.07) is 1.83. The Hall–Kier alpha value is -2.15. The number of nitrogens with one attached hydrogen (secondary N) is 1. The van der Waals surface area contributed by atoms with E-state index in [1.807, 2.05) is 17.2 Å². The van der Waals surface area contributed by atoms with Gasteiger partial charge in [0, 0.05) is 36.8 Å². The van der Waals surface area contributed by atoms with E-state index in [0.29, 0.717) is 24.7 Å². The largest absolute Gasteiger partial charge is 0.396 e. The molecule has 2 aromatic heterocycles. The average molecular weight is 359 g/mol. The highest BCUT2D eigenvalue weighted by Crippen LogP contribution is 2.33. The van der Waals surface area contributed by atoms with E-state index in [1.165, 1.54) is 0 Å². The predicted octanol–water partition coefficient (Wildman–Crippen LogP) is 2.40. The van der Waals surface area contributed by atoms with Crippen molar-refractivity contribution in [1.82, 2.24) is 24.6 Å². The Morgan fingerprint density at radius 2 is 2.27 bits per heavy atom. The number of carbonyl (C=O) groups excluding carboxylic acids is 1. The van der Waals surface area contributed by atoms with Crippen LogP contribution in [-0.4, -0.2) is 55.4 Å². The van der Waals surface area contributed by atoms with Crippen LogP contribution < -0.4 is 0 Å². The highest BCUT2D eigenvalue weighted by Gasteiger charge is 2.36. The lowest BCUT2D eigenvalue weighted by molar-refractivity contribution is 0.0248. The second kappa shape index (κ2) is 7.61. The maximum absolute atomic E-state index is 12.9. The number of amides is 1. The fraction of sp³-hybridized carbons (Fsp3) is 0.632. The number of aliphatic hydroxyl groups is 1. The molecule has 0 spiro atoms. The van der Waals surface area contributed by atoms with Gasteiger partial charge in [-0.05, 0) is 25.3 Å². The van der Waals surface area contributed by atoms with Gasteiger partial charge in [0.25, 0.3) is 5.91 Å². The Labute approximate surface area is 154 Å². The van der Waals surface area contributed by atoms with E-state index in [9.17, 15) is 9.90 Å². The summed E-state index contributed by atoms with van der Waals surface area (Å²) in [7, 11) is 0. The monoisotopic (exact) mass is 359 g/mol. The van der Waals surface area contributed by atoms with Gasteiger partial charge in [0.2, 0.25) is 0 Å². The van der Waals surface area contributed by atoms with Gasteiger partial charge in [-0.25, -0.2) is 4.98 Å². The maximum atomic E-state index is 12.9. The molecule has 1 aliphatic rings. The standard InChI is InChI=1S/C19H29N5O2/c1-4-19(13-25)6-5-8-24(12-19)18(26)16-10-15(21-22-16)11-23-9-7-20-17(23)14(2)3/h7,9-10,14,25H,4-6,8,11-13H2,1-3H3,(H,21,22). The predicted molar refractivity (Wildman–Crippen MR) is 99.0 cm³/mol. The number of aliphatic hydroxyl groups excluding tert-OH is 1. The van der Waals surface area contributed by atoms with Crippen LogP contribution in [0.1, 0.15) is 68.0 Å². The summed E-state index contributed by atoms with van der Waals surface area (Å²) in [6.45, 7) is 8.35. The van der Waals surface area contributed by atoms with Crippen LogP contribution in [0.25, 0.3) is 0 Å². The lowest BCUT2D eigenvalue weighted by atomic mass is 9.78. The van der Waals surface area contributed by atoms with Crippen LogP contribution in [0.3, 0.4) is 0 Å². The SMILES string of the molecule is CCC1(CO)CCCN(C(=O)c2cc(Cn3ccnc3C(C)C)[nH]n2)C1. The summed E-state index contributed by atoms with van der Waals surface area (Å²) in [5.41, 5.74) is 1.15. The van der Waals surface area contributed by atoms with Gasteiger partial charge in [-0.3, -0.25) is 9.89 Å². The van der Waals surface area contributed by atoms with Crippen molar-refractivity contribution in [2.45, 2.75) is 52.5 Å². The number of H-pyrrole nitrogens is 1. The summed E-state index contributed by atoms with van der Waals surface area (Å²) < 4.78 is 2.07. The highest BCUT2D eigenvalue weighted by atomic mass is 16.3. The third-order valence-electron chi connectivity index (χ3n) is 5.49. The summed E-state index contributed by atoms with van der Waals surface area (Å²) >= 11 is 0. The molecular formula is C19H29N5O2. The zero-order valence-corrected chi connectivity index (χ0v) is 15.9. The maximum Gasteiger partial charge on any atom is 0.274 e. The number of piperidine rings is 1. The molecule has 0 aliphatic carbocycles. The molecule has 2 N–H and O–H groups in total. The minimum Gasteiger partial charge on any atom is -0.396 e. The minimum atomic E-state index is -0.171. The summed E-state index contributed by atoms with van der Waals surface area (Å²) in [5.74, 6) is 1.29. The molecule has 1 aliphatic heterocycles. The van der Waals surface area contributed by atoms with Crippen molar-refractivity contribution >= 4 is 5.91 Å². The van der Waals surface area contributed by atoms with Crippen LogP contribution in [0.4, 0.5) is 0 Å². The van der Waals surface area contributed by atoms with Crippen LogP contribution in [0, 0.1) is 5.41 Å². The van der Waals surface area contributed by atoms with E-state index >= 15 is 0 Å². The lowest BCUT2D eigenvalue weighted by Gasteiger charge is -2.41. The molecule has 142 valence electrons. The molecular weight excluding hydrogens is 330 g/mol. The second-order valence-electron chi connectivity index (χ2n) is 7.69. The van der Waals surface area contributed by atoms with Gasteiger partial charge in [-0.2, -0.15) is 5.10 Å². The Kier molecular flexibility index (Phi) is 5.46. The Bertz CT molecular complexity index is 745. The topological polar surface area (TPSA) is 87.0 Å². The molecule has 2 aromatic rings. The zero-order chi connectivity index (χ0) is 18.7. The Balaban J connectivity index is 1.71. The number of rotatable bonds is 6. The van der Waals surface area contributed by atoms with E-state index < -0.39 is 0 Å². The smallest absolute Gasteiger partial charge is 0.274 e. The fourth-order valence-corrected chi connectivity index (χ4v) is 3.76. The zero-order valence-electron chi connectivity index (χ0n) is 15.9. The molecule has 1 atom stereocenters. The van der Waals surface area contributed by atoms with Crippen LogP contribution in [-0.2, 0) is 6.54 Å². The molecule has 1 unspecified atom stereocenters. The molecule has 0 aromatic carbocycles. The van der Waals surface area contributed by atoms with Crippen molar-refractivity contribution < 1.29 is 9.90 Å². The molecule has 1 amide bonds. The van der Waals surface area contributed by atoms with Gasteiger partial charge in [0.15, 0.2) is 0 Å². The Morgan fingerprint density at radius 1 is 1.46 bits per heavy atom. The van der Waals surface area contributed by atoms with E-state index in [-0.39, 0.29) is 17.9 Å². The van der Waals surface area contributed by atoms with E-state index in [2.05, 4.69) is 40.5 Å². The first-order valence-electron chi connectivity index (χ1n) is 9.43. The number of carbonyl (C=O) groups is 1. The van der Waals surface area contributed by atoms with Crippen molar-refractivity contribution in [3.8, 4) is 0 Å². The number of hydrogen-bond acceptors (Lipinski definition) is 4. The van der Waals surface area contributed by atoms with Gasteiger partial charge in [-0.1, -0.05) is 20.8 Å². The third-order valence-corrected chi connectivity index (χ3v) is 5.49. The van der Waals surface area contributed by atoms with Gasteiger partial charge < -0.3 is 14.6 Å². The van der Waals surface area contributed by atoms with E-state index in [4.69, 9.17) is 0 Å². The number of nitrogens with zero attached hydrogens (tertiary/aromatic N) is 4. The van der Waals surface area contributed by atoms with Crippen molar-refractivity contribution in [2.24, 2.45) is 5.41 Å². The molecule has 3 heterocycles. The van der Waals surface area contributed by atoms with Gasteiger partial charge in [0.1, 0.15) is 11.5 Å². The molecule has 1 fully saturated rings. The van der Waals surface area contributed by atoms with E-state index in [1.54, 1.807) is 6.20 Å². The van der Waals surface area contributed by atoms with Crippen molar-refractivity contribution in [3.05, 3.63) is 35.7 Å². The van der Waals surface area contributed by atoms with Crippen LogP contribution in [0.2, 0.25) is 0 Å². The summed E-state index contributed by atoms with van der Waals surface area (Å²) in [5, 5.41) is 17.0. The lowest BCUT2D eigenvalue weighted by Crippen LogP contribution is -2.47. The first-order valence-corrected chi connectivity index (χ1v) is 9.43. The number of imidazole rings is 1. The van der Waals surface area contributed by atoms with Crippen LogP contribution >= 0.6 is 0 Å². The molecule has 7 nitrogen and oxygen atoms in total. The molecule has 0 bridgehead atoms. The van der Waals surface area contributed by atoms with Crippen LogP contribution in [0.15, 0.2) is 18.5 Å². The molecule has 26 heavy (non-hydrogen) atoms. The van der Waals surface area contributed by atoms with Gasteiger partial charge in [0.05, 0.1) is 18.8 Å². The summed E-state index contributed by atoms with van der Waals surface area (Å²) in [4.78, 5) is 19.1. The van der Waals surface area contributed by atoms with E-state index in [0.717, 1.165) is 37.3 Å². The third kappa shape index (κ3) is 3.67. The van der Waals surface area contributed by atoms with Crippen LogP contribution in [0.5, 0.6) is 0 Å². The Morgan fingerprint density at radius 3 is 2.96 bits per heavy atom. The quantitative estimate of drug-likeness (QED) is 0.829. The van der Waals surface area contributed by atoms with Crippen molar-refractivity contribution in [2.75, 3.05) is 19.7 Å². The molecule has 7 heteroatoms. The fourth-order valence-electron chi connectivity index (χ4n) is 3.76. The summed E-state index contributed by atoms with van der Waals surface area (Å²) in [6.07, 6.45) is 6.50. The normalized spacial score (nSPS) is 20.7. The second-order valence-corrected chi connectivity index (χ2v) is 7.69. The molecule has 0 saturated carbocycles. The first-order chi connectivity index (χ1) is 12.5. The number of likely N-dealkylation sites (tertiary alicyclic amines) is 1. The highest BCUT2D eigenvalue weighted by molar-refractivity contribution is 5.92. The number of aromatic amines is 1. The molecule has 1 saturated heterocycles. The molecule has 0 radical (unpaired) electrons. The average Bonchev–Trinajstić information content (AvgIpc) is 3.31.